The third-order valence-corrected chi connectivity index (χ3v) is 4.59. The SMILES string of the molecule is CCOC(=O)N1CCN(C(=O)COc2ccc(OCc3ccccc3)cc2)CC1. The van der Waals surface area contributed by atoms with Crippen LogP contribution >= 0.6 is 0 Å². The van der Waals surface area contributed by atoms with Gasteiger partial charge in [-0.05, 0) is 36.8 Å². The lowest BCUT2D eigenvalue weighted by molar-refractivity contribution is -0.134. The summed E-state index contributed by atoms with van der Waals surface area (Å²) in [6.45, 7) is 4.48. The van der Waals surface area contributed by atoms with Gasteiger partial charge < -0.3 is 24.0 Å². The number of carbonyl (C=O) groups is 2. The highest BCUT2D eigenvalue weighted by atomic mass is 16.6. The van der Waals surface area contributed by atoms with Gasteiger partial charge in [-0.2, -0.15) is 0 Å². The molecule has 1 aliphatic rings. The normalized spacial score (nSPS) is 13.7. The summed E-state index contributed by atoms with van der Waals surface area (Å²) >= 11 is 0. The van der Waals surface area contributed by atoms with Gasteiger partial charge >= 0.3 is 6.09 Å². The maximum Gasteiger partial charge on any atom is 0.409 e. The second kappa shape index (κ2) is 10.4. The molecular formula is C22H26N2O5. The molecule has 2 aromatic rings. The van der Waals surface area contributed by atoms with Crippen molar-refractivity contribution in [2.45, 2.75) is 13.5 Å². The molecule has 0 bridgehead atoms. The van der Waals surface area contributed by atoms with Crippen molar-refractivity contribution in [3.8, 4) is 11.5 Å². The van der Waals surface area contributed by atoms with Gasteiger partial charge in [-0.3, -0.25) is 4.79 Å². The zero-order valence-corrected chi connectivity index (χ0v) is 16.6. The minimum Gasteiger partial charge on any atom is -0.489 e. The van der Waals surface area contributed by atoms with Crippen LogP contribution in [0.3, 0.4) is 0 Å². The molecule has 2 amide bonds. The van der Waals surface area contributed by atoms with E-state index in [0.717, 1.165) is 11.3 Å². The molecule has 7 heteroatoms. The first-order chi connectivity index (χ1) is 14.2. The number of hydrogen-bond acceptors (Lipinski definition) is 5. The lowest BCUT2D eigenvalue weighted by atomic mass is 10.2. The monoisotopic (exact) mass is 398 g/mol. The van der Waals surface area contributed by atoms with Crippen LogP contribution in [0.5, 0.6) is 11.5 Å². The van der Waals surface area contributed by atoms with Gasteiger partial charge in [-0.1, -0.05) is 30.3 Å². The van der Waals surface area contributed by atoms with E-state index in [4.69, 9.17) is 14.2 Å². The van der Waals surface area contributed by atoms with E-state index in [1.54, 1.807) is 28.9 Å². The molecule has 7 nitrogen and oxygen atoms in total. The molecule has 1 saturated heterocycles. The Labute approximate surface area is 170 Å². The van der Waals surface area contributed by atoms with E-state index in [1.165, 1.54) is 0 Å². The van der Waals surface area contributed by atoms with Crippen molar-refractivity contribution in [3.63, 3.8) is 0 Å². The molecule has 0 radical (unpaired) electrons. The summed E-state index contributed by atoms with van der Waals surface area (Å²) in [5.41, 5.74) is 1.10. The van der Waals surface area contributed by atoms with Crippen LogP contribution in [0.15, 0.2) is 54.6 Å². The van der Waals surface area contributed by atoms with Crippen molar-refractivity contribution >= 4 is 12.0 Å². The average molecular weight is 398 g/mol. The number of carbonyl (C=O) groups excluding carboxylic acids is 2. The summed E-state index contributed by atoms with van der Waals surface area (Å²) in [7, 11) is 0. The van der Waals surface area contributed by atoms with Crippen LogP contribution < -0.4 is 9.47 Å². The molecule has 1 heterocycles. The zero-order chi connectivity index (χ0) is 20.5. The highest BCUT2D eigenvalue weighted by Gasteiger charge is 2.24. The standard InChI is InChI=1S/C22H26N2O5/c1-2-27-22(26)24-14-12-23(13-15-24)21(25)17-29-20-10-8-19(9-11-20)28-16-18-6-4-3-5-7-18/h3-11H,2,12-17H2,1H3. The van der Waals surface area contributed by atoms with Crippen molar-refractivity contribution in [1.82, 2.24) is 9.80 Å². The fourth-order valence-corrected chi connectivity index (χ4v) is 2.96. The van der Waals surface area contributed by atoms with E-state index in [9.17, 15) is 9.59 Å². The van der Waals surface area contributed by atoms with Gasteiger partial charge in [-0.25, -0.2) is 4.79 Å². The fourth-order valence-electron chi connectivity index (χ4n) is 2.96. The molecule has 29 heavy (non-hydrogen) atoms. The van der Waals surface area contributed by atoms with Crippen LogP contribution in [0.2, 0.25) is 0 Å². The van der Waals surface area contributed by atoms with E-state index in [2.05, 4.69) is 0 Å². The molecule has 0 unspecified atom stereocenters. The number of hydrogen-bond donors (Lipinski definition) is 0. The Kier molecular flexibility index (Phi) is 7.33. The first kappa shape index (κ1) is 20.5. The smallest absolute Gasteiger partial charge is 0.409 e. The van der Waals surface area contributed by atoms with E-state index >= 15 is 0 Å². The lowest BCUT2D eigenvalue weighted by Gasteiger charge is -2.33. The van der Waals surface area contributed by atoms with Gasteiger partial charge in [0.15, 0.2) is 6.61 Å². The fraction of sp³-hybridized carbons (Fsp3) is 0.364. The summed E-state index contributed by atoms with van der Waals surface area (Å²) in [5, 5.41) is 0. The van der Waals surface area contributed by atoms with Crippen LogP contribution in [0.4, 0.5) is 4.79 Å². The number of amides is 2. The Hall–Kier alpha value is -3.22. The predicted octanol–water partition coefficient (Wildman–Crippen LogP) is 2.95. The van der Waals surface area contributed by atoms with E-state index in [-0.39, 0.29) is 18.6 Å². The molecule has 0 aromatic heterocycles. The first-order valence-electron chi connectivity index (χ1n) is 9.75. The highest BCUT2D eigenvalue weighted by Crippen LogP contribution is 2.19. The Balaban J connectivity index is 1.39. The number of rotatable bonds is 7. The third kappa shape index (κ3) is 6.14. The quantitative estimate of drug-likeness (QED) is 0.717. The zero-order valence-electron chi connectivity index (χ0n) is 16.6. The molecule has 1 aliphatic heterocycles. The summed E-state index contributed by atoms with van der Waals surface area (Å²) in [6.07, 6.45) is -0.328. The Morgan fingerprint density at radius 3 is 2.03 bits per heavy atom. The lowest BCUT2D eigenvalue weighted by Crippen LogP contribution is -2.51. The molecule has 2 aromatic carbocycles. The second-order valence-electron chi connectivity index (χ2n) is 6.60. The Bertz CT molecular complexity index is 787. The van der Waals surface area contributed by atoms with Crippen LogP contribution in [-0.4, -0.2) is 61.2 Å². The van der Waals surface area contributed by atoms with Crippen molar-refractivity contribution in [2.24, 2.45) is 0 Å². The van der Waals surface area contributed by atoms with Gasteiger partial charge in [-0.15, -0.1) is 0 Å². The maximum atomic E-state index is 12.3. The number of benzene rings is 2. The molecule has 0 spiro atoms. The summed E-state index contributed by atoms with van der Waals surface area (Å²) in [4.78, 5) is 27.4. The van der Waals surface area contributed by atoms with E-state index in [1.807, 2.05) is 42.5 Å². The minimum atomic E-state index is -0.328. The van der Waals surface area contributed by atoms with E-state index in [0.29, 0.717) is 45.1 Å². The van der Waals surface area contributed by atoms with Gasteiger partial charge in [0.2, 0.25) is 0 Å². The largest absolute Gasteiger partial charge is 0.489 e. The van der Waals surface area contributed by atoms with Crippen molar-refractivity contribution in [1.29, 1.82) is 0 Å². The van der Waals surface area contributed by atoms with E-state index < -0.39 is 0 Å². The predicted molar refractivity (Wildman–Crippen MR) is 108 cm³/mol. The van der Waals surface area contributed by atoms with Crippen LogP contribution in [-0.2, 0) is 16.1 Å². The Morgan fingerprint density at radius 1 is 0.828 bits per heavy atom. The molecule has 3 rings (SSSR count). The van der Waals surface area contributed by atoms with Gasteiger partial charge in [0.25, 0.3) is 5.91 Å². The molecule has 154 valence electrons. The van der Waals surface area contributed by atoms with Gasteiger partial charge in [0, 0.05) is 26.2 Å². The highest BCUT2D eigenvalue weighted by molar-refractivity contribution is 5.78. The van der Waals surface area contributed by atoms with Crippen molar-refractivity contribution < 1.29 is 23.8 Å². The van der Waals surface area contributed by atoms with Gasteiger partial charge in [0.05, 0.1) is 6.61 Å². The topological polar surface area (TPSA) is 68.3 Å². The molecule has 0 N–H and O–H groups in total. The van der Waals surface area contributed by atoms with Crippen molar-refractivity contribution in [3.05, 3.63) is 60.2 Å². The third-order valence-electron chi connectivity index (χ3n) is 4.59. The van der Waals surface area contributed by atoms with Crippen LogP contribution in [0.25, 0.3) is 0 Å². The second-order valence-corrected chi connectivity index (χ2v) is 6.60. The van der Waals surface area contributed by atoms with Gasteiger partial charge in [0.1, 0.15) is 18.1 Å². The maximum absolute atomic E-state index is 12.3. The number of nitrogens with zero attached hydrogens (tertiary/aromatic N) is 2. The summed E-state index contributed by atoms with van der Waals surface area (Å²) in [6, 6.07) is 17.1. The number of ether oxygens (including phenoxy) is 3. The number of piperazine rings is 1. The summed E-state index contributed by atoms with van der Waals surface area (Å²) < 4.78 is 16.3. The Morgan fingerprint density at radius 2 is 1.41 bits per heavy atom. The minimum absolute atomic E-state index is 0.0381. The molecule has 1 fully saturated rings. The summed E-state index contributed by atoms with van der Waals surface area (Å²) in [5.74, 6) is 1.25. The van der Waals surface area contributed by atoms with Crippen molar-refractivity contribution in [2.75, 3.05) is 39.4 Å². The molecule has 0 atom stereocenters. The molecule has 0 saturated carbocycles. The first-order valence-corrected chi connectivity index (χ1v) is 9.75. The van der Waals surface area contributed by atoms with Crippen LogP contribution in [0.1, 0.15) is 12.5 Å². The molecule has 0 aliphatic carbocycles. The van der Waals surface area contributed by atoms with Crippen LogP contribution in [0, 0.1) is 0 Å². The molecular weight excluding hydrogens is 372 g/mol. The average Bonchev–Trinajstić information content (AvgIpc) is 2.78.